The van der Waals surface area contributed by atoms with Crippen LogP contribution in [-0.4, -0.2) is 53.6 Å². The molecule has 1 unspecified atom stereocenters. The van der Waals surface area contributed by atoms with Crippen molar-refractivity contribution < 1.29 is 15.3 Å². The summed E-state index contributed by atoms with van der Waals surface area (Å²) in [5, 5.41) is 27.9. The Kier molecular flexibility index (Phi) is 9.58. The van der Waals surface area contributed by atoms with Gasteiger partial charge in [0.2, 0.25) is 0 Å². The maximum absolute atomic E-state index is 9.30. The summed E-state index contributed by atoms with van der Waals surface area (Å²) < 4.78 is 0. The Balaban J connectivity index is 3.12. The van der Waals surface area contributed by atoms with Gasteiger partial charge in [0.1, 0.15) is 0 Å². The second-order valence-electron chi connectivity index (χ2n) is 5.97. The zero-order valence-corrected chi connectivity index (χ0v) is 14.5. The molecule has 0 saturated carbocycles. The van der Waals surface area contributed by atoms with E-state index in [4.69, 9.17) is 0 Å². The van der Waals surface area contributed by atoms with Crippen molar-refractivity contribution in [2.75, 3.05) is 38.3 Å². The molecule has 0 aliphatic carbocycles. The maximum atomic E-state index is 9.30. The van der Waals surface area contributed by atoms with Crippen LogP contribution in [0.5, 0.6) is 0 Å². The third-order valence-corrected chi connectivity index (χ3v) is 10.5. The quantitative estimate of drug-likeness (QED) is 0.409. The van der Waals surface area contributed by atoms with Crippen LogP contribution in [0.4, 0.5) is 0 Å². The van der Waals surface area contributed by atoms with Gasteiger partial charge in [-0.25, -0.2) is 0 Å². The molecule has 3 nitrogen and oxygen atoms in total. The van der Waals surface area contributed by atoms with Gasteiger partial charge < -0.3 is 0 Å². The zero-order valence-electron chi connectivity index (χ0n) is 13.5. The van der Waals surface area contributed by atoms with Gasteiger partial charge in [0.25, 0.3) is 0 Å². The number of allylic oxidation sites excluding steroid dienone is 1. The zero-order chi connectivity index (χ0) is 16.3. The van der Waals surface area contributed by atoms with Crippen LogP contribution in [0.2, 0.25) is 0 Å². The van der Waals surface area contributed by atoms with Crippen molar-refractivity contribution in [3.05, 3.63) is 48.6 Å². The van der Waals surface area contributed by atoms with Crippen molar-refractivity contribution >= 4 is 7.26 Å². The van der Waals surface area contributed by atoms with Crippen LogP contribution in [0.3, 0.4) is 0 Å². The second kappa shape index (κ2) is 10.9. The van der Waals surface area contributed by atoms with E-state index in [1.54, 1.807) is 0 Å². The Morgan fingerprint density at radius 2 is 1.32 bits per heavy atom. The summed E-state index contributed by atoms with van der Waals surface area (Å²) in [6.45, 7) is 4.67. The van der Waals surface area contributed by atoms with Crippen molar-refractivity contribution in [3.63, 3.8) is 0 Å². The van der Waals surface area contributed by atoms with Gasteiger partial charge in [0.05, 0.1) is 0 Å². The molecule has 126 valence electrons. The fraction of sp³-hybridized carbons (Fsp3) is 0.556. The molecule has 0 spiro atoms. The van der Waals surface area contributed by atoms with Gasteiger partial charge in [0, 0.05) is 0 Å². The minimum absolute atomic E-state index is 0.200. The Labute approximate surface area is 135 Å². The molecule has 1 aromatic rings. The summed E-state index contributed by atoms with van der Waals surface area (Å²) in [5.41, 5.74) is 1.58. The molecule has 0 amide bonds. The van der Waals surface area contributed by atoms with Crippen molar-refractivity contribution in [3.8, 4) is 0 Å². The van der Waals surface area contributed by atoms with Gasteiger partial charge >= 0.3 is 134 Å². The van der Waals surface area contributed by atoms with E-state index in [2.05, 4.69) is 30.8 Å². The molecule has 0 aromatic heterocycles. The van der Waals surface area contributed by atoms with Crippen molar-refractivity contribution in [2.45, 2.75) is 24.9 Å². The molecule has 1 atom stereocenters. The van der Waals surface area contributed by atoms with Crippen LogP contribution in [0.25, 0.3) is 0 Å². The molecule has 0 heterocycles. The number of hydrogen-bond acceptors (Lipinski definition) is 3. The minimum atomic E-state index is -1.83. The van der Waals surface area contributed by atoms with Gasteiger partial charge in [0.15, 0.2) is 0 Å². The molecule has 0 bridgehead atoms. The van der Waals surface area contributed by atoms with Crippen LogP contribution < -0.4 is 0 Å². The summed E-state index contributed by atoms with van der Waals surface area (Å²) in [6.07, 6.45) is 7.45. The Morgan fingerprint density at radius 1 is 0.864 bits per heavy atom. The summed E-state index contributed by atoms with van der Waals surface area (Å²) >= 11 is 0. The van der Waals surface area contributed by atoms with E-state index in [0.29, 0.717) is 5.66 Å². The molecule has 4 heteroatoms. The van der Waals surface area contributed by atoms with Gasteiger partial charge in [-0.3, -0.25) is 0 Å². The Hall–Kier alpha value is -0.730. The third kappa shape index (κ3) is 5.48. The van der Waals surface area contributed by atoms with Crippen molar-refractivity contribution in [1.29, 1.82) is 0 Å². The molecule has 1 rings (SSSR count). The van der Waals surface area contributed by atoms with E-state index < -0.39 is 7.26 Å². The van der Waals surface area contributed by atoms with Crippen LogP contribution >= 0.6 is 7.26 Å². The molecule has 0 aliphatic heterocycles. The SMILES string of the molecule is C=CC(c1ccccc1)[PH](CCCO)(CCCO)CCCO. The van der Waals surface area contributed by atoms with E-state index in [9.17, 15) is 15.3 Å². The average Bonchev–Trinajstić information content (AvgIpc) is 2.57. The summed E-state index contributed by atoms with van der Waals surface area (Å²) in [4.78, 5) is 0. The number of rotatable bonds is 12. The molecular weight excluding hydrogens is 295 g/mol. The van der Waals surface area contributed by atoms with Gasteiger partial charge in [-0.2, -0.15) is 0 Å². The van der Waals surface area contributed by atoms with Crippen LogP contribution in [-0.2, 0) is 0 Å². The number of benzene rings is 1. The molecule has 22 heavy (non-hydrogen) atoms. The monoisotopic (exact) mass is 326 g/mol. The molecule has 0 fully saturated rings. The van der Waals surface area contributed by atoms with Crippen LogP contribution in [0.1, 0.15) is 30.5 Å². The van der Waals surface area contributed by atoms with E-state index in [1.807, 2.05) is 12.1 Å². The van der Waals surface area contributed by atoms with Gasteiger partial charge in [-0.05, 0) is 0 Å². The molecule has 3 N–H and O–H groups in total. The van der Waals surface area contributed by atoms with Gasteiger partial charge in [-0.1, -0.05) is 0 Å². The van der Waals surface area contributed by atoms with E-state index >= 15 is 0 Å². The van der Waals surface area contributed by atoms with E-state index in [0.717, 1.165) is 37.7 Å². The van der Waals surface area contributed by atoms with E-state index in [-0.39, 0.29) is 19.8 Å². The summed E-state index contributed by atoms with van der Waals surface area (Å²) in [6, 6.07) is 10.4. The van der Waals surface area contributed by atoms with Crippen molar-refractivity contribution in [2.24, 2.45) is 0 Å². The number of hydrogen-bond donors (Lipinski definition) is 3. The normalized spacial score (nSPS) is 13.8. The topological polar surface area (TPSA) is 60.7 Å². The first-order valence-corrected chi connectivity index (χ1v) is 10.9. The predicted molar refractivity (Wildman–Crippen MR) is 97.4 cm³/mol. The Morgan fingerprint density at radius 3 is 1.68 bits per heavy atom. The van der Waals surface area contributed by atoms with Crippen LogP contribution in [0, 0.1) is 0 Å². The number of aliphatic hydroxyl groups excluding tert-OH is 3. The molecule has 0 saturated heterocycles. The summed E-state index contributed by atoms with van der Waals surface area (Å²) in [7, 11) is -1.83. The molecular formula is C18H31O3P. The predicted octanol–water partition coefficient (Wildman–Crippen LogP) is 2.81. The van der Waals surface area contributed by atoms with Gasteiger partial charge in [-0.15, -0.1) is 0 Å². The van der Waals surface area contributed by atoms with E-state index in [1.165, 1.54) is 5.56 Å². The fourth-order valence-electron chi connectivity index (χ4n) is 3.53. The Bertz CT molecular complexity index is 386. The third-order valence-electron chi connectivity index (χ3n) is 4.55. The van der Waals surface area contributed by atoms with Crippen molar-refractivity contribution in [1.82, 2.24) is 0 Å². The first-order valence-electron chi connectivity index (χ1n) is 8.24. The van der Waals surface area contributed by atoms with Crippen LogP contribution in [0.15, 0.2) is 43.0 Å². The average molecular weight is 326 g/mol. The summed E-state index contributed by atoms with van der Waals surface area (Å²) in [5.74, 6) is 0. The molecule has 1 aromatic carbocycles. The standard InChI is InChI=1S/C18H31O3P/c1-2-18(17-9-4-3-5-10-17)22(14-6-11-19,15-7-12-20)16-8-13-21/h2-5,9-10,18-22H,1,6-8,11-16H2. The first-order chi connectivity index (χ1) is 10.7. The fourth-order valence-corrected chi connectivity index (χ4v) is 9.20. The second-order valence-corrected chi connectivity index (χ2v) is 10.8. The first kappa shape index (κ1) is 19.3. The molecule has 0 aliphatic rings. The molecule has 0 radical (unpaired) electrons. The number of aliphatic hydroxyl groups is 3.